The predicted molar refractivity (Wildman–Crippen MR) is 114 cm³/mol. The van der Waals surface area contributed by atoms with Crippen molar-refractivity contribution >= 4 is 44.0 Å². The molecule has 1 amide bonds. The van der Waals surface area contributed by atoms with Gasteiger partial charge in [-0.25, -0.2) is 9.37 Å². The summed E-state index contributed by atoms with van der Waals surface area (Å²) in [6.45, 7) is 0. The zero-order valence-electron chi connectivity index (χ0n) is 15.4. The van der Waals surface area contributed by atoms with Crippen LogP contribution in [0.4, 0.5) is 10.2 Å². The maximum Gasteiger partial charge on any atom is 0.257 e. The summed E-state index contributed by atoms with van der Waals surface area (Å²) in [5, 5.41) is 4.79. The molecule has 0 unspecified atom stereocenters. The van der Waals surface area contributed by atoms with E-state index in [0.717, 1.165) is 0 Å². The topological polar surface area (TPSA) is 64.9 Å². The SMILES string of the molecule is COc1cc(C(=O)Nc2c(-c3ccc(F)cc3)nc3sccn23)cc(OC)c1Br. The Hall–Kier alpha value is -2.91. The molecule has 4 rings (SSSR count). The molecule has 0 spiro atoms. The van der Waals surface area contributed by atoms with Crippen LogP contribution >= 0.6 is 27.3 Å². The molecule has 9 heteroatoms. The Morgan fingerprint density at radius 1 is 1.17 bits per heavy atom. The monoisotopic (exact) mass is 475 g/mol. The van der Waals surface area contributed by atoms with Crippen molar-refractivity contribution in [3.05, 3.63) is 63.8 Å². The predicted octanol–water partition coefficient (Wildman–Crippen LogP) is 5.23. The van der Waals surface area contributed by atoms with Gasteiger partial charge in [0.1, 0.15) is 33.3 Å². The molecule has 4 aromatic rings. The fraction of sp³-hybridized carbons (Fsp3) is 0.100. The van der Waals surface area contributed by atoms with Gasteiger partial charge in [0.15, 0.2) is 4.96 Å². The molecule has 0 radical (unpaired) electrons. The first-order valence-electron chi connectivity index (χ1n) is 8.46. The molecule has 2 heterocycles. The lowest BCUT2D eigenvalue weighted by Gasteiger charge is -2.12. The van der Waals surface area contributed by atoms with E-state index in [9.17, 15) is 9.18 Å². The van der Waals surface area contributed by atoms with E-state index < -0.39 is 0 Å². The van der Waals surface area contributed by atoms with Crippen LogP contribution in [0, 0.1) is 5.82 Å². The van der Waals surface area contributed by atoms with E-state index in [1.807, 2.05) is 11.6 Å². The number of nitrogens with one attached hydrogen (secondary N) is 1. The van der Waals surface area contributed by atoms with Crippen molar-refractivity contribution in [1.29, 1.82) is 0 Å². The zero-order valence-corrected chi connectivity index (χ0v) is 17.8. The summed E-state index contributed by atoms with van der Waals surface area (Å²) in [7, 11) is 3.03. The van der Waals surface area contributed by atoms with Crippen LogP contribution < -0.4 is 14.8 Å². The number of hydrogen-bond donors (Lipinski definition) is 1. The van der Waals surface area contributed by atoms with Crippen molar-refractivity contribution in [3.63, 3.8) is 0 Å². The summed E-state index contributed by atoms with van der Waals surface area (Å²) < 4.78 is 26.4. The number of anilines is 1. The molecular weight excluding hydrogens is 461 g/mol. The van der Waals surface area contributed by atoms with Crippen molar-refractivity contribution < 1.29 is 18.7 Å². The average molecular weight is 476 g/mol. The number of aromatic nitrogens is 2. The van der Waals surface area contributed by atoms with Gasteiger partial charge < -0.3 is 14.8 Å². The summed E-state index contributed by atoms with van der Waals surface area (Å²) in [6.07, 6.45) is 1.82. The van der Waals surface area contributed by atoms with E-state index in [1.165, 1.54) is 37.7 Å². The molecule has 0 atom stereocenters. The molecule has 0 bridgehead atoms. The number of carbonyl (C=O) groups excluding carboxylic acids is 1. The van der Waals surface area contributed by atoms with Crippen molar-refractivity contribution in [3.8, 4) is 22.8 Å². The minimum absolute atomic E-state index is 0.339. The third-order valence-corrected chi connectivity index (χ3v) is 5.86. The van der Waals surface area contributed by atoms with Crippen LogP contribution in [0.3, 0.4) is 0 Å². The summed E-state index contributed by atoms with van der Waals surface area (Å²) in [4.78, 5) is 18.3. The van der Waals surface area contributed by atoms with E-state index in [2.05, 4.69) is 26.2 Å². The lowest BCUT2D eigenvalue weighted by molar-refractivity contribution is 0.102. The van der Waals surface area contributed by atoms with Crippen LogP contribution in [0.2, 0.25) is 0 Å². The smallest absolute Gasteiger partial charge is 0.257 e. The fourth-order valence-corrected chi connectivity index (χ4v) is 4.16. The number of benzene rings is 2. The highest BCUT2D eigenvalue weighted by atomic mass is 79.9. The van der Waals surface area contributed by atoms with Gasteiger partial charge in [-0.2, -0.15) is 0 Å². The number of amides is 1. The largest absolute Gasteiger partial charge is 0.495 e. The highest BCUT2D eigenvalue weighted by Gasteiger charge is 2.20. The van der Waals surface area contributed by atoms with Crippen LogP contribution in [-0.2, 0) is 0 Å². The van der Waals surface area contributed by atoms with Gasteiger partial charge in [-0.1, -0.05) is 0 Å². The number of ether oxygens (including phenoxy) is 2. The fourth-order valence-electron chi connectivity index (χ4n) is 2.89. The Bertz CT molecular complexity index is 1180. The number of methoxy groups -OCH3 is 2. The third-order valence-electron chi connectivity index (χ3n) is 4.32. The molecule has 2 aromatic heterocycles. The van der Waals surface area contributed by atoms with Gasteiger partial charge in [0.25, 0.3) is 5.91 Å². The molecule has 0 saturated carbocycles. The van der Waals surface area contributed by atoms with E-state index in [0.29, 0.717) is 43.6 Å². The third kappa shape index (κ3) is 3.58. The minimum Gasteiger partial charge on any atom is -0.495 e. The minimum atomic E-state index is -0.356. The molecule has 0 aliphatic rings. The molecule has 0 aliphatic heterocycles. The van der Waals surface area contributed by atoms with Crippen LogP contribution in [0.25, 0.3) is 16.2 Å². The summed E-state index contributed by atoms with van der Waals surface area (Å²) in [5.41, 5.74) is 1.61. The van der Waals surface area contributed by atoms with Gasteiger partial charge in [0, 0.05) is 22.7 Å². The van der Waals surface area contributed by atoms with Crippen LogP contribution in [-0.4, -0.2) is 29.5 Å². The molecule has 1 N–H and O–H groups in total. The molecule has 0 fully saturated rings. The first-order valence-corrected chi connectivity index (χ1v) is 10.1. The van der Waals surface area contributed by atoms with Gasteiger partial charge in [-0.05, 0) is 52.3 Å². The van der Waals surface area contributed by atoms with Gasteiger partial charge in [-0.3, -0.25) is 9.20 Å². The number of fused-ring (bicyclic) bond motifs is 1. The van der Waals surface area contributed by atoms with Gasteiger partial charge in [0.05, 0.1) is 14.2 Å². The van der Waals surface area contributed by atoms with Crippen molar-refractivity contribution in [2.75, 3.05) is 19.5 Å². The number of imidazole rings is 1. The van der Waals surface area contributed by atoms with Gasteiger partial charge >= 0.3 is 0 Å². The molecule has 148 valence electrons. The molecule has 2 aromatic carbocycles. The van der Waals surface area contributed by atoms with Crippen LogP contribution in [0.15, 0.2) is 52.4 Å². The Kier molecular flexibility index (Phi) is 5.25. The second kappa shape index (κ2) is 7.84. The second-order valence-corrected chi connectivity index (χ2v) is 7.69. The summed E-state index contributed by atoms with van der Waals surface area (Å²) >= 11 is 4.83. The highest BCUT2D eigenvalue weighted by Crippen LogP contribution is 2.36. The normalized spacial score (nSPS) is 10.9. The number of carbonyl (C=O) groups is 1. The Morgan fingerprint density at radius 3 is 2.45 bits per heavy atom. The van der Waals surface area contributed by atoms with Gasteiger partial charge in [-0.15, -0.1) is 11.3 Å². The quantitative estimate of drug-likeness (QED) is 0.428. The van der Waals surface area contributed by atoms with Crippen molar-refractivity contribution in [1.82, 2.24) is 9.38 Å². The van der Waals surface area contributed by atoms with Crippen LogP contribution in [0.1, 0.15) is 10.4 Å². The maximum atomic E-state index is 13.3. The number of halogens is 2. The van der Waals surface area contributed by atoms with Crippen molar-refractivity contribution in [2.24, 2.45) is 0 Å². The van der Waals surface area contributed by atoms with E-state index in [1.54, 1.807) is 28.7 Å². The molecule has 29 heavy (non-hydrogen) atoms. The number of nitrogens with zero attached hydrogens (tertiary/aromatic N) is 2. The van der Waals surface area contributed by atoms with E-state index in [-0.39, 0.29) is 11.7 Å². The number of thiazole rings is 1. The number of hydrogen-bond acceptors (Lipinski definition) is 5. The van der Waals surface area contributed by atoms with E-state index in [4.69, 9.17) is 9.47 Å². The number of rotatable bonds is 5. The molecular formula is C20H15BrFN3O3S. The molecule has 0 saturated heterocycles. The maximum absolute atomic E-state index is 13.3. The average Bonchev–Trinajstić information content (AvgIpc) is 3.31. The Balaban J connectivity index is 1.76. The molecule has 6 nitrogen and oxygen atoms in total. The van der Waals surface area contributed by atoms with Gasteiger partial charge in [0.2, 0.25) is 0 Å². The zero-order chi connectivity index (χ0) is 20.5. The second-order valence-electron chi connectivity index (χ2n) is 6.02. The summed E-state index contributed by atoms with van der Waals surface area (Å²) in [6, 6.07) is 9.21. The van der Waals surface area contributed by atoms with Crippen LogP contribution in [0.5, 0.6) is 11.5 Å². The first-order chi connectivity index (χ1) is 14.0. The lowest BCUT2D eigenvalue weighted by atomic mass is 10.1. The Labute approximate surface area is 178 Å². The van der Waals surface area contributed by atoms with E-state index >= 15 is 0 Å². The Morgan fingerprint density at radius 2 is 1.83 bits per heavy atom. The first kappa shape index (κ1) is 19.4. The molecule has 0 aliphatic carbocycles. The lowest BCUT2D eigenvalue weighted by Crippen LogP contribution is -2.14. The highest BCUT2D eigenvalue weighted by molar-refractivity contribution is 9.10. The standard InChI is InChI=1S/C20H15BrFN3O3S/c1-27-14-9-12(10-15(28-2)16(14)21)19(26)24-18-17(11-3-5-13(22)6-4-11)23-20-25(18)7-8-29-20/h3-10H,1-2H3,(H,24,26). The summed E-state index contributed by atoms with van der Waals surface area (Å²) in [5.74, 6) is 0.753. The van der Waals surface area contributed by atoms with Crippen molar-refractivity contribution in [2.45, 2.75) is 0 Å².